The van der Waals surface area contributed by atoms with E-state index in [4.69, 9.17) is 9.47 Å². The van der Waals surface area contributed by atoms with Crippen LogP contribution < -0.4 is 0 Å². The van der Waals surface area contributed by atoms with Gasteiger partial charge in [-0.15, -0.1) is 0 Å². The van der Waals surface area contributed by atoms with E-state index in [9.17, 15) is 4.79 Å². The van der Waals surface area contributed by atoms with Crippen LogP contribution in [0, 0.1) is 6.92 Å². The second-order valence-corrected chi connectivity index (χ2v) is 7.13. The molecule has 0 bridgehead atoms. The van der Waals surface area contributed by atoms with E-state index in [0.717, 1.165) is 36.0 Å². The van der Waals surface area contributed by atoms with Gasteiger partial charge >= 0.3 is 5.97 Å². The molecule has 0 saturated carbocycles. The summed E-state index contributed by atoms with van der Waals surface area (Å²) in [4.78, 5) is 12.9. The SMILES string of the molecule is CCCC1=C(c2ccc(C)cc2)C(=O)O[C@]12OCC[C@@H]2c1ccccc1. The Balaban J connectivity index is 1.85. The van der Waals surface area contributed by atoms with Gasteiger partial charge in [-0.25, -0.2) is 4.79 Å². The van der Waals surface area contributed by atoms with Gasteiger partial charge in [-0.2, -0.15) is 0 Å². The first-order chi connectivity index (χ1) is 12.7. The highest BCUT2D eigenvalue weighted by Crippen LogP contribution is 2.53. The van der Waals surface area contributed by atoms with Gasteiger partial charge in [0, 0.05) is 5.57 Å². The van der Waals surface area contributed by atoms with E-state index in [1.165, 1.54) is 5.56 Å². The van der Waals surface area contributed by atoms with Gasteiger partial charge in [0.25, 0.3) is 0 Å². The first kappa shape index (κ1) is 17.0. The van der Waals surface area contributed by atoms with Crippen molar-refractivity contribution in [2.45, 2.75) is 44.8 Å². The normalized spacial score (nSPS) is 25.2. The number of hydrogen-bond acceptors (Lipinski definition) is 3. The van der Waals surface area contributed by atoms with E-state index in [1.807, 2.05) is 49.4 Å². The summed E-state index contributed by atoms with van der Waals surface area (Å²) in [6, 6.07) is 18.4. The van der Waals surface area contributed by atoms with E-state index in [-0.39, 0.29) is 11.9 Å². The van der Waals surface area contributed by atoms with Crippen LogP contribution in [-0.2, 0) is 14.3 Å². The molecule has 2 aromatic rings. The molecule has 2 atom stereocenters. The molecule has 0 aliphatic carbocycles. The van der Waals surface area contributed by atoms with Gasteiger partial charge < -0.3 is 9.47 Å². The monoisotopic (exact) mass is 348 g/mol. The van der Waals surface area contributed by atoms with Gasteiger partial charge in [0.15, 0.2) is 0 Å². The molecule has 3 heteroatoms. The Kier molecular flexibility index (Phi) is 4.41. The second-order valence-electron chi connectivity index (χ2n) is 7.13. The zero-order valence-corrected chi connectivity index (χ0v) is 15.3. The Labute approximate surface area is 154 Å². The fraction of sp³-hybridized carbons (Fsp3) is 0.348. The number of carbonyl (C=O) groups excluding carboxylic acids is 1. The lowest BCUT2D eigenvalue weighted by Crippen LogP contribution is -2.37. The summed E-state index contributed by atoms with van der Waals surface area (Å²) in [5.74, 6) is -1.17. The minimum atomic E-state index is -0.950. The topological polar surface area (TPSA) is 35.5 Å². The molecule has 0 N–H and O–H groups in total. The number of aryl methyl sites for hydroxylation is 1. The largest absolute Gasteiger partial charge is 0.425 e. The molecule has 4 rings (SSSR count). The number of ether oxygens (including phenoxy) is 2. The maximum absolute atomic E-state index is 12.9. The van der Waals surface area contributed by atoms with E-state index < -0.39 is 5.79 Å². The molecule has 1 spiro atoms. The van der Waals surface area contributed by atoms with Crippen LogP contribution in [0.15, 0.2) is 60.2 Å². The fourth-order valence-corrected chi connectivity index (χ4v) is 4.20. The van der Waals surface area contributed by atoms with E-state index in [0.29, 0.717) is 12.2 Å². The summed E-state index contributed by atoms with van der Waals surface area (Å²) in [5.41, 5.74) is 4.95. The standard InChI is InChI=1S/C23H24O3/c1-3-7-20-21(18-12-10-16(2)11-13-18)22(24)26-23(20)19(14-15-25-23)17-8-5-4-6-9-17/h4-6,8-13,19H,3,7,14-15H2,1-2H3/t19-,23+/m1/s1. The average Bonchev–Trinajstić information content (AvgIpc) is 3.19. The molecule has 2 aliphatic rings. The predicted molar refractivity (Wildman–Crippen MR) is 102 cm³/mol. The molecule has 2 aromatic carbocycles. The van der Waals surface area contributed by atoms with Crippen LogP contribution in [0.5, 0.6) is 0 Å². The smallest absolute Gasteiger partial charge is 0.341 e. The molecule has 0 aromatic heterocycles. The third-order valence-corrected chi connectivity index (χ3v) is 5.39. The van der Waals surface area contributed by atoms with Crippen LogP contribution >= 0.6 is 0 Å². The van der Waals surface area contributed by atoms with Crippen molar-refractivity contribution >= 4 is 11.5 Å². The first-order valence-electron chi connectivity index (χ1n) is 9.38. The molecule has 134 valence electrons. The lowest BCUT2D eigenvalue weighted by atomic mass is 9.82. The van der Waals surface area contributed by atoms with E-state index in [1.54, 1.807) is 0 Å². The van der Waals surface area contributed by atoms with Crippen molar-refractivity contribution in [3.05, 3.63) is 76.9 Å². The summed E-state index contributed by atoms with van der Waals surface area (Å²) in [6.07, 6.45) is 2.58. The summed E-state index contributed by atoms with van der Waals surface area (Å²) in [6.45, 7) is 4.77. The fourth-order valence-electron chi connectivity index (χ4n) is 4.20. The average molecular weight is 348 g/mol. The van der Waals surface area contributed by atoms with Crippen LogP contribution in [-0.4, -0.2) is 18.4 Å². The third-order valence-electron chi connectivity index (χ3n) is 5.39. The lowest BCUT2D eigenvalue weighted by Gasteiger charge is -2.31. The quantitative estimate of drug-likeness (QED) is 0.729. The Morgan fingerprint density at radius 2 is 1.81 bits per heavy atom. The minimum absolute atomic E-state index is 0.0390. The summed E-state index contributed by atoms with van der Waals surface area (Å²) < 4.78 is 12.2. The summed E-state index contributed by atoms with van der Waals surface area (Å²) in [7, 11) is 0. The molecule has 1 fully saturated rings. The number of hydrogen-bond donors (Lipinski definition) is 0. The van der Waals surface area contributed by atoms with Crippen LogP contribution in [0.3, 0.4) is 0 Å². The summed E-state index contributed by atoms with van der Waals surface area (Å²) in [5, 5.41) is 0. The van der Waals surface area contributed by atoms with Crippen LogP contribution in [0.1, 0.15) is 48.8 Å². The Bertz CT molecular complexity index is 836. The number of rotatable bonds is 4. The lowest BCUT2D eigenvalue weighted by molar-refractivity contribution is -0.189. The number of esters is 1. The molecule has 3 nitrogen and oxygen atoms in total. The van der Waals surface area contributed by atoms with Crippen LogP contribution in [0.25, 0.3) is 5.57 Å². The second kappa shape index (κ2) is 6.73. The Morgan fingerprint density at radius 1 is 1.08 bits per heavy atom. The number of benzene rings is 2. The molecular weight excluding hydrogens is 324 g/mol. The van der Waals surface area contributed by atoms with Gasteiger partial charge in [-0.1, -0.05) is 73.5 Å². The van der Waals surface area contributed by atoms with E-state index in [2.05, 4.69) is 19.1 Å². The molecule has 0 radical (unpaired) electrons. The highest BCUT2D eigenvalue weighted by Gasteiger charge is 2.57. The van der Waals surface area contributed by atoms with Crippen molar-refractivity contribution in [2.24, 2.45) is 0 Å². The minimum Gasteiger partial charge on any atom is -0.425 e. The summed E-state index contributed by atoms with van der Waals surface area (Å²) >= 11 is 0. The van der Waals surface area contributed by atoms with Gasteiger partial charge in [0.2, 0.25) is 5.79 Å². The van der Waals surface area contributed by atoms with Crippen molar-refractivity contribution in [3.8, 4) is 0 Å². The molecule has 0 unspecified atom stereocenters. The maximum Gasteiger partial charge on any atom is 0.341 e. The zero-order chi connectivity index (χ0) is 18.1. The van der Waals surface area contributed by atoms with Crippen molar-refractivity contribution in [2.75, 3.05) is 6.61 Å². The molecule has 2 aliphatic heterocycles. The van der Waals surface area contributed by atoms with Crippen LogP contribution in [0.4, 0.5) is 0 Å². The first-order valence-corrected chi connectivity index (χ1v) is 9.38. The van der Waals surface area contributed by atoms with Crippen molar-refractivity contribution < 1.29 is 14.3 Å². The Morgan fingerprint density at radius 3 is 2.50 bits per heavy atom. The van der Waals surface area contributed by atoms with Gasteiger partial charge in [0.05, 0.1) is 18.1 Å². The molecular formula is C23H24O3. The molecule has 2 heterocycles. The van der Waals surface area contributed by atoms with Gasteiger partial charge in [-0.05, 0) is 30.9 Å². The third kappa shape index (κ3) is 2.67. The number of carbonyl (C=O) groups is 1. The molecule has 1 saturated heterocycles. The Hall–Kier alpha value is -2.39. The van der Waals surface area contributed by atoms with Crippen molar-refractivity contribution in [3.63, 3.8) is 0 Å². The highest BCUT2D eigenvalue weighted by molar-refractivity contribution is 6.20. The van der Waals surface area contributed by atoms with Gasteiger partial charge in [-0.3, -0.25) is 0 Å². The molecule has 26 heavy (non-hydrogen) atoms. The zero-order valence-electron chi connectivity index (χ0n) is 15.3. The highest BCUT2D eigenvalue weighted by atomic mass is 16.7. The van der Waals surface area contributed by atoms with Crippen molar-refractivity contribution in [1.29, 1.82) is 0 Å². The molecule has 0 amide bonds. The van der Waals surface area contributed by atoms with Crippen molar-refractivity contribution in [1.82, 2.24) is 0 Å². The van der Waals surface area contributed by atoms with E-state index >= 15 is 0 Å². The van der Waals surface area contributed by atoms with Gasteiger partial charge in [0.1, 0.15) is 0 Å². The van der Waals surface area contributed by atoms with Crippen LogP contribution in [0.2, 0.25) is 0 Å². The maximum atomic E-state index is 12.9. The predicted octanol–water partition coefficient (Wildman–Crippen LogP) is 5.01.